The van der Waals surface area contributed by atoms with Crippen molar-refractivity contribution in [1.82, 2.24) is 13.5 Å². The average molecular weight is 535 g/mol. The van der Waals surface area contributed by atoms with Gasteiger partial charge in [0.2, 0.25) is 26.0 Å². The van der Waals surface area contributed by atoms with Crippen molar-refractivity contribution in [1.29, 1.82) is 0 Å². The third-order valence-electron chi connectivity index (χ3n) is 5.12. The van der Waals surface area contributed by atoms with E-state index in [4.69, 9.17) is 23.2 Å². The van der Waals surface area contributed by atoms with Gasteiger partial charge in [-0.25, -0.2) is 21.1 Å². The molecule has 0 atom stereocenters. The fourth-order valence-electron chi connectivity index (χ4n) is 3.26. The van der Waals surface area contributed by atoms with Crippen LogP contribution in [0.5, 0.6) is 0 Å². The Morgan fingerprint density at radius 1 is 0.970 bits per heavy atom. The maximum absolute atomic E-state index is 12.8. The van der Waals surface area contributed by atoms with Crippen LogP contribution in [-0.4, -0.2) is 83.1 Å². The van der Waals surface area contributed by atoms with Gasteiger partial charge in [0.25, 0.3) is 0 Å². The molecule has 0 radical (unpaired) electrons. The Morgan fingerprint density at radius 2 is 1.58 bits per heavy atom. The van der Waals surface area contributed by atoms with Crippen LogP contribution in [0.15, 0.2) is 52.3 Å². The molecule has 0 bridgehead atoms. The van der Waals surface area contributed by atoms with Gasteiger partial charge in [0.1, 0.15) is 4.90 Å². The maximum atomic E-state index is 12.8. The molecule has 13 heteroatoms. The Kier molecular flexibility index (Phi) is 8.05. The monoisotopic (exact) mass is 534 g/mol. The van der Waals surface area contributed by atoms with E-state index in [9.17, 15) is 21.6 Å². The number of nitrogens with one attached hydrogen (secondary N) is 1. The number of sulfonamides is 2. The van der Waals surface area contributed by atoms with Crippen LogP contribution < -0.4 is 5.32 Å². The van der Waals surface area contributed by atoms with Gasteiger partial charge in [0, 0.05) is 51.0 Å². The lowest BCUT2D eigenvalue weighted by molar-refractivity contribution is -0.117. The summed E-state index contributed by atoms with van der Waals surface area (Å²) in [6, 6.07) is 10.2. The third kappa shape index (κ3) is 6.04. The van der Waals surface area contributed by atoms with Crippen molar-refractivity contribution in [3.05, 3.63) is 52.5 Å². The molecule has 0 aliphatic carbocycles. The largest absolute Gasteiger partial charge is 0.325 e. The zero-order chi connectivity index (χ0) is 24.4. The van der Waals surface area contributed by atoms with Gasteiger partial charge in [-0.2, -0.15) is 4.31 Å². The van der Waals surface area contributed by atoms with Gasteiger partial charge in [-0.3, -0.25) is 9.69 Å². The number of rotatable bonds is 7. The molecule has 9 nitrogen and oxygen atoms in total. The summed E-state index contributed by atoms with van der Waals surface area (Å²) in [5, 5.41) is 3.18. The highest BCUT2D eigenvalue weighted by atomic mass is 35.5. The smallest absolute Gasteiger partial charge is 0.244 e. The van der Waals surface area contributed by atoms with Gasteiger partial charge in [-0.1, -0.05) is 23.2 Å². The van der Waals surface area contributed by atoms with Gasteiger partial charge in [-0.05, 0) is 42.5 Å². The van der Waals surface area contributed by atoms with E-state index in [0.29, 0.717) is 23.8 Å². The number of hydrogen-bond acceptors (Lipinski definition) is 6. The molecule has 33 heavy (non-hydrogen) atoms. The van der Waals surface area contributed by atoms with Gasteiger partial charge in [-0.15, -0.1) is 0 Å². The first-order chi connectivity index (χ1) is 15.4. The van der Waals surface area contributed by atoms with E-state index >= 15 is 0 Å². The lowest BCUT2D eigenvalue weighted by Crippen LogP contribution is -2.50. The predicted molar refractivity (Wildman–Crippen MR) is 128 cm³/mol. The Bertz CT molecular complexity index is 1230. The first-order valence-electron chi connectivity index (χ1n) is 9.91. The van der Waals surface area contributed by atoms with E-state index in [1.807, 2.05) is 4.90 Å². The molecule has 180 valence electrons. The Hall–Kier alpha value is -1.73. The highest BCUT2D eigenvalue weighted by Gasteiger charge is 2.29. The van der Waals surface area contributed by atoms with Crippen LogP contribution in [0.3, 0.4) is 0 Å². The zero-order valence-corrected chi connectivity index (χ0v) is 21.2. The van der Waals surface area contributed by atoms with Crippen molar-refractivity contribution >= 4 is 54.8 Å². The predicted octanol–water partition coefficient (Wildman–Crippen LogP) is 2.19. The molecule has 1 saturated heterocycles. The summed E-state index contributed by atoms with van der Waals surface area (Å²) in [4.78, 5) is 14.4. The molecule has 1 amide bonds. The van der Waals surface area contributed by atoms with Crippen molar-refractivity contribution in [2.24, 2.45) is 0 Å². The number of halogens is 2. The fraction of sp³-hybridized carbons (Fsp3) is 0.350. The van der Waals surface area contributed by atoms with Crippen molar-refractivity contribution in [3.8, 4) is 0 Å². The van der Waals surface area contributed by atoms with Crippen molar-refractivity contribution in [3.63, 3.8) is 0 Å². The maximum Gasteiger partial charge on any atom is 0.244 e. The number of anilines is 1. The Balaban J connectivity index is 1.59. The highest BCUT2D eigenvalue weighted by molar-refractivity contribution is 7.89. The minimum atomic E-state index is -3.77. The first kappa shape index (κ1) is 25.9. The number of hydrogen-bond donors (Lipinski definition) is 1. The number of carbonyl (C=O) groups excluding carboxylic acids is 1. The summed E-state index contributed by atoms with van der Waals surface area (Å²) in [6.45, 7) is 1.27. The standard InChI is InChI=1S/C20H24Cl2N4O5S2/c1-24(2)33(30,31)19-13-16(5-8-18(19)22)23-20(27)14-25-9-11-26(12-10-25)32(28,29)17-6-3-15(21)4-7-17/h3-8,13H,9-12,14H2,1-2H3,(H,23,27). The number of carbonyl (C=O) groups is 1. The summed E-state index contributed by atoms with van der Waals surface area (Å²) >= 11 is 11.9. The fourth-order valence-corrected chi connectivity index (χ4v) is 6.20. The van der Waals surface area contributed by atoms with Crippen molar-refractivity contribution in [2.45, 2.75) is 9.79 Å². The van der Waals surface area contributed by atoms with Crippen LogP contribution in [0.2, 0.25) is 10.0 Å². The van der Waals surface area contributed by atoms with E-state index in [1.165, 1.54) is 60.9 Å². The topological polar surface area (TPSA) is 107 Å². The molecule has 3 rings (SSSR count). The summed E-state index contributed by atoms with van der Waals surface area (Å²) in [7, 11) is -4.62. The molecule has 0 aromatic heterocycles. The first-order valence-corrected chi connectivity index (χ1v) is 13.5. The summed E-state index contributed by atoms with van der Waals surface area (Å²) in [5.74, 6) is -0.348. The second-order valence-electron chi connectivity index (χ2n) is 7.61. The molecule has 1 N–H and O–H groups in total. The van der Waals surface area contributed by atoms with Crippen molar-refractivity contribution < 1.29 is 21.6 Å². The summed E-state index contributed by atoms with van der Waals surface area (Å²) < 4.78 is 52.8. The number of amides is 1. The minimum Gasteiger partial charge on any atom is -0.325 e. The number of benzene rings is 2. The van der Waals surface area contributed by atoms with E-state index < -0.39 is 20.0 Å². The molecular weight excluding hydrogens is 511 g/mol. The quantitative estimate of drug-likeness (QED) is 0.583. The van der Waals surface area contributed by atoms with Crippen LogP contribution in [0, 0.1) is 0 Å². The normalized spacial score (nSPS) is 16.2. The van der Waals surface area contributed by atoms with Crippen LogP contribution >= 0.6 is 23.2 Å². The zero-order valence-electron chi connectivity index (χ0n) is 18.0. The molecule has 1 heterocycles. The minimum absolute atomic E-state index is 0.0349. The molecule has 0 unspecified atom stereocenters. The molecule has 1 aliphatic rings. The molecule has 0 spiro atoms. The summed E-state index contributed by atoms with van der Waals surface area (Å²) in [6.07, 6.45) is 0. The number of piperazine rings is 1. The number of nitrogens with zero attached hydrogens (tertiary/aromatic N) is 3. The molecular formula is C20H24Cl2N4O5S2. The van der Waals surface area contributed by atoms with E-state index in [0.717, 1.165) is 4.31 Å². The van der Waals surface area contributed by atoms with Crippen molar-refractivity contribution in [2.75, 3.05) is 52.1 Å². The lowest BCUT2D eigenvalue weighted by Gasteiger charge is -2.33. The molecule has 2 aromatic carbocycles. The Labute approximate surface area is 204 Å². The molecule has 0 saturated carbocycles. The van der Waals surface area contributed by atoms with E-state index in [2.05, 4.69) is 5.32 Å². The highest BCUT2D eigenvalue weighted by Crippen LogP contribution is 2.27. The third-order valence-corrected chi connectivity index (χ3v) is 9.58. The van der Waals surface area contributed by atoms with Gasteiger partial charge in [0.15, 0.2) is 0 Å². The van der Waals surface area contributed by atoms with E-state index in [-0.39, 0.29) is 40.4 Å². The summed E-state index contributed by atoms with van der Waals surface area (Å²) in [5.41, 5.74) is 0.300. The van der Waals surface area contributed by atoms with Gasteiger partial charge >= 0.3 is 0 Å². The lowest BCUT2D eigenvalue weighted by atomic mass is 10.3. The SMILES string of the molecule is CN(C)S(=O)(=O)c1cc(NC(=O)CN2CCN(S(=O)(=O)c3ccc(Cl)cc3)CC2)ccc1Cl. The molecule has 1 fully saturated rings. The average Bonchev–Trinajstić information content (AvgIpc) is 2.75. The van der Waals surface area contributed by atoms with Gasteiger partial charge in [0.05, 0.1) is 16.5 Å². The van der Waals surface area contributed by atoms with Gasteiger partial charge < -0.3 is 5.32 Å². The van der Waals surface area contributed by atoms with Crippen LogP contribution in [0.1, 0.15) is 0 Å². The second-order valence-corrected chi connectivity index (χ2v) is 12.5. The second kappa shape index (κ2) is 10.3. The van der Waals surface area contributed by atoms with Crippen LogP contribution in [0.4, 0.5) is 5.69 Å². The molecule has 1 aliphatic heterocycles. The Morgan fingerprint density at radius 3 is 2.15 bits per heavy atom. The molecule has 2 aromatic rings. The van der Waals surface area contributed by atoms with E-state index in [1.54, 1.807) is 0 Å². The van der Waals surface area contributed by atoms with Crippen LogP contribution in [0.25, 0.3) is 0 Å². The van der Waals surface area contributed by atoms with Crippen LogP contribution in [-0.2, 0) is 24.8 Å².